The maximum atomic E-state index is 12.3. The highest BCUT2D eigenvalue weighted by molar-refractivity contribution is 9.10. The Hall–Kier alpha value is -0.810. The summed E-state index contributed by atoms with van der Waals surface area (Å²) in [5.74, 6) is 1.35. The molecule has 0 bridgehead atoms. The number of carbonyl (C=O) groups excluding carboxylic acids is 1. The zero-order valence-corrected chi connectivity index (χ0v) is 13.0. The average molecular weight is 329 g/mol. The first kappa shape index (κ1) is 14.6. The lowest BCUT2D eigenvalue weighted by molar-refractivity contribution is -0.134. The van der Waals surface area contributed by atoms with Gasteiger partial charge in [0.15, 0.2) is 0 Å². The maximum absolute atomic E-state index is 12.3. The van der Waals surface area contributed by atoms with E-state index in [1.54, 1.807) is 6.26 Å². The molecule has 2 unspecified atom stereocenters. The second-order valence-electron chi connectivity index (χ2n) is 5.57. The van der Waals surface area contributed by atoms with Gasteiger partial charge in [-0.05, 0) is 40.8 Å². The van der Waals surface area contributed by atoms with Crippen LogP contribution in [0, 0.1) is 5.92 Å². The predicted octanol–water partition coefficient (Wildman–Crippen LogP) is 3.08. The molecule has 4 nitrogen and oxygen atoms in total. The highest BCUT2D eigenvalue weighted by Gasteiger charge is 2.36. The van der Waals surface area contributed by atoms with E-state index < -0.39 is 0 Å². The predicted molar refractivity (Wildman–Crippen MR) is 77.5 cm³/mol. The lowest BCUT2D eigenvalue weighted by atomic mass is 10.0. The lowest BCUT2D eigenvalue weighted by Crippen LogP contribution is -2.43. The Balaban J connectivity index is 2.36. The van der Waals surface area contributed by atoms with Crippen molar-refractivity contribution >= 4 is 21.8 Å². The molecule has 106 valence electrons. The standard InChI is InChI=1S/C14H21BrN2O2/c1-9(2)8-17-12(18)5-3-4-11(16)13(17)14-10(15)6-7-19-14/h6-7,9,11,13H,3-5,8,16H2,1-2H3. The van der Waals surface area contributed by atoms with E-state index in [1.807, 2.05) is 11.0 Å². The third-order valence-corrected chi connectivity index (χ3v) is 4.12. The minimum atomic E-state index is -0.165. The van der Waals surface area contributed by atoms with Gasteiger partial charge in [0.25, 0.3) is 0 Å². The topological polar surface area (TPSA) is 59.5 Å². The summed E-state index contributed by atoms with van der Waals surface area (Å²) in [6.07, 6.45) is 3.91. The van der Waals surface area contributed by atoms with Gasteiger partial charge in [-0.1, -0.05) is 13.8 Å². The summed E-state index contributed by atoms with van der Waals surface area (Å²) in [5, 5.41) is 0. The van der Waals surface area contributed by atoms with Crippen molar-refractivity contribution in [3.8, 4) is 0 Å². The quantitative estimate of drug-likeness (QED) is 0.927. The summed E-state index contributed by atoms with van der Waals surface area (Å²) in [4.78, 5) is 14.2. The highest BCUT2D eigenvalue weighted by atomic mass is 79.9. The van der Waals surface area contributed by atoms with E-state index in [0.29, 0.717) is 18.9 Å². The monoisotopic (exact) mass is 328 g/mol. The summed E-state index contributed by atoms with van der Waals surface area (Å²) >= 11 is 3.48. The zero-order valence-electron chi connectivity index (χ0n) is 11.4. The van der Waals surface area contributed by atoms with Crippen molar-refractivity contribution in [2.45, 2.75) is 45.2 Å². The van der Waals surface area contributed by atoms with Gasteiger partial charge in [0.1, 0.15) is 11.8 Å². The van der Waals surface area contributed by atoms with Gasteiger partial charge in [-0.15, -0.1) is 0 Å². The van der Waals surface area contributed by atoms with Crippen molar-refractivity contribution in [2.24, 2.45) is 11.7 Å². The molecule has 1 fully saturated rings. The number of carbonyl (C=O) groups is 1. The number of nitrogens with zero attached hydrogens (tertiary/aromatic N) is 1. The smallest absolute Gasteiger partial charge is 0.223 e. The van der Waals surface area contributed by atoms with Gasteiger partial charge >= 0.3 is 0 Å². The molecule has 1 amide bonds. The van der Waals surface area contributed by atoms with Crippen LogP contribution in [0.3, 0.4) is 0 Å². The zero-order chi connectivity index (χ0) is 14.0. The first-order valence-electron chi connectivity index (χ1n) is 6.78. The Kier molecular flexibility index (Phi) is 4.68. The van der Waals surface area contributed by atoms with E-state index in [1.165, 1.54) is 0 Å². The van der Waals surface area contributed by atoms with E-state index >= 15 is 0 Å². The van der Waals surface area contributed by atoms with Gasteiger partial charge in [0.05, 0.1) is 10.7 Å². The number of hydrogen-bond acceptors (Lipinski definition) is 3. The van der Waals surface area contributed by atoms with Crippen LogP contribution in [0.2, 0.25) is 0 Å². The molecule has 1 aromatic heterocycles. The summed E-state index contributed by atoms with van der Waals surface area (Å²) in [5.41, 5.74) is 6.29. The van der Waals surface area contributed by atoms with Crippen molar-refractivity contribution in [1.82, 2.24) is 4.90 Å². The Morgan fingerprint density at radius 1 is 1.58 bits per heavy atom. The molecule has 0 aliphatic carbocycles. The molecule has 5 heteroatoms. The van der Waals surface area contributed by atoms with Crippen LogP contribution in [0.4, 0.5) is 0 Å². The fraction of sp³-hybridized carbons (Fsp3) is 0.643. The van der Waals surface area contributed by atoms with Crippen molar-refractivity contribution in [1.29, 1.82) is 0 Å². The van der Waals surface area contributed by atoms with Gasteiger partial charge in [-0.25, -0.2) is 0 Å². The van der Waals surface area contributed by atoms with Gasteiger partial charge < -0.3 is 15.1 Å². The molecule has 0 saturated carbocycles. The highest BCUT2D eigenvalue weighted by Crippen LogP contribution is 2.35. The molecule has 1 aromatic rings. The minimum Gasteiger partial charge on any atom is -0.466 e. The molecule has 2 atom stereocenters. The van der Waals surface area contributed by atoms with E-state index in [2.05, 4.69) is 29.8 Å². The van der Waals surface area contributed by atoms with Crippen molar-refractivity contribution < 1.29 is 9.21 Å². The molecule has 2 rings (SSSR count). The number of amides is 1. The molecule has 2 heterocycles. The molecule has 2 N–H and O–H groups in total. The van der Waals surface area contributed by atoms with E-state index in [0.717, 1.165) is 23.1 Å². The van der Waals surface area contributed by atoms with E-state index in [4.69, 9.17) is 10.2 Å². The second kappa shape index (κ2) is 6.09. The van der Waals surface area contributed by atoms with Crippen molar-refractivity contribution in [3.63, 3.8) is 0 Å². The van der Waals surface area contributed by atoms with E-state index in [-0.39, 0.29) is 18.0 Å². The maximum Gasteiger partial charge on any atom is 0.223 e. The number of hydrogen-bond donors (Lipinski definition) is 1. The van der Waals surface area contributed by atoms with Gasteiger partial charge in [-0.2, -0.15) is 0 Å². The number of furan rings is 1. The molecule has 1 saturated heterocycles. The Labute approximate surface area is 122 Å². The van der Waals surface area contributed by atoms with Crippen LogP contribution in [0.5, 0.6) is 0 Å². The molecular formula is C14H21BrN2O2. The minimum absolute atomic E-state index is 0.0763. The Morgan fingerprint density at radius 3 is 2.89 bits per heavy atom. The first-order valence-corrected chi connectivity index (χ1v) is 7.58. The molecular weight excluding hydrogens is 308 g/mol. The third kappa shape index (κ3) is 3.20. The first-order chi connectivity index (χ1) is 9.00. The fourth-order valence-electron chi connectivity index (χ4n) is 2.64. The summed E-state index contributed by atoms with van der Waals surface area (Å²) < 4.78 is 6.45. The molecule has 19 heavy (non-hydrogen) atoms. The number of likely N-dealkylation sites (tertiary alicyclic amines) is 1. The summed E-state index contributed by atoms with van der Waals surface area (Å²) in [6.45, 7) is 4.93. The van der Waals surface area contributed by atoms with Crippen molar-refractivity contribution in [2.75, 3.05) is 6.54 Å². The van der Waals surface area contributed by atoms with Crippen LogP contribution >= 0.6 is 15.9 Å². The SMILES string of the molecule is CC(C)CN1C(=O)CCCC(N)C1c1occc1Br. The summed E-state index contributed by atoms with van der Waals surface area (Å²) in [7, 11) is 0. The lowest BCUT2D eigenvalue weighted by Gasteiger charge is -2.33. The second-order valence-corrected chi connectivity index (χ2v) is 6.43. The molecule has 1 aliphatic heterocycles. The Bertz CT molecular complexity index is 444. The number of nitrogens with two attached hydrogens (primary N) is 1. The molecule has 0 radical (unpaired) electrons. The van der Waals surface area contributed by atoms with Crippen LogP contribution in [0.15, 0.2) is 21.2 Å². The fourth-order valence-corrected chi connectivity index (χ4v) is 3.07. The average Bonchev–Trinajstić information content (AvgIpc) is 2.68. The molecule has 0 spiro atoms. The van der Waals surface area contributed by atoms with Crippen LogP contribution in [0.25, 0.3) is 0 Å². The Morgan fingerprint density at radius 2 is 2.32 bits per heavy atom. The van der Waals surface area contributed by atoms with Gasteiger partial charge in [0, 0.05) is 19.0 Å². The third-order valence-electron chi connectivity index (χ3n) is 3.47. The normalized spacial score (nSPS) is 24.9. The number of rotatable bonds is 3. The van der Waals surface area contributed by atoms with Gasteiger partial charge in [0.2, 0.25) is 5.91 Å². The van der Waals surface area contributed by atoms with E-state index in [9.17, 15) is 4.79 Å². The molecule has 0 aromatic carbocycles. The van der Waals surface area contributed by atoms with Crippen molar-refractivity contribution in [3.05, 3.63) is 22.6 Å². The summed E-state index contributed by atoms with van der Waals surface area (Å²) in [6, 6.07) is 1.61. The van der Waals surface area contributed by atoms with Crippen LogP contribution in [-0.4, -0.2) is 23.4 Å². The molecule has 1 aliphatic rings. The van der Waals surface area contributed by atoms with Gasteiger partial charge in [-0.3, -0.25) is 4.79 Å². The van der Waals surface area contributed by atoms with Crippen LogP contribution in [0.1, 0.15) is 44.9 Å². The number of halogens is 1. The van der Waals surface area contributed by atoms with Crippen LogP contribution in [-0.2, 0) is 4.79 Å². The largest absolute Gasteiger partial charge is 0.466 e. The van der Waals surface area contributed by atoms with Crippen LogP contribution < -0.4 is 5.73 Å².